The molecule has 0 bridgehead atoms. The van der Waals surface area contributed by atoms with Crippen LogP contribution in [0.15, 0.2) is 97.7 Å². The number of hydrogen-bond acceptors (Lipinski definition) is 6. The van der Waals surface area contributed by atoms with Gasteiger partial charge in [-0.05, 0) is 47.0 Å². The summed E-state index contributed by atoms with van der Waals surface area (Å²) in [4.78, 5) is 21.1. The van der Waals surface area contributed by atoms with Crippen molar-refractivity contribution < 1.29 is 4.39 Å². The number of halogens is 1. The van der Waals surface area contributed by atoms with E-state index in [9.17, 15) is 0 Å². The third-order valence-corrected chi connectivity index (χ3v) is 6.84. The van der Waals surface area contributed by atoms with E-state index in [1.807, 2.05) is 54.7 Å². The molecule has 7 aromatic rings. The number of fused-ring (bicyclic) bond motifs is 2. The lowest BCUT2D eigenvalue weighted by Gasteiger charge is -2.08. The Morgan fingerprint density at radius 3 is 2.52 bits per heavy atom. The van der Waals surface area contributed by atoms with Crippen LogP contribution in [0.3, 0.4) is 0 Å². The van der Waals surface area contributed by atoms with Crippen molar-refractivity contribution in [2.45, 2.75) is 13.1 Å². The van der Waals surface area contributed by atoms with E-state index in [1.54, 1.807) is 24.8 Å². The second kappa shape index (κ2) is 10.1. The van der Waals surface area contributed by atoms with Crippen LogP contribution in [0, 0.1) is 5.82 Å². The van der Waals surface area contributed by atoms with Crippen molar-refractivity contribution in [1.29, 1.82) is 0 Å². The van der Waals surface area contributed by atoms with E-state index in [0.29, 0.717) is 34.7 Å². The molecule has 3 N–H and O–H groups in total. The molecule has 0 unspecified atom stereocenters. The van der Waals surface area contributed by atoms with Gasteiger partial charge in [0.15, 0.2) is 17.3 Å². The molecule has 0 amide bonds. The van der Waals surface area contributed by atoms with Gasteiger partial charge < -0.3 is 10.3 Å². The summed E-state index contributed by atoms with van der Waals surface area (Å²) in [6, 6.07) is 21.4. The molecule has 7 rings (SSSR count). The lowest BCUT2D eigenvalue weighted by atomic mass is 10.0. The Morgan fingerprint density at radius 2 is 1.65 bits per heavy atom. The maximum atomic E-state index is 15.3. The van der Waals surface area contributed by atoms with Crippen LogP contribution in [-0.4, -0.2) is 35.1 Å². The Hall–Kier alpha value is -5.28. The van der Waals surface area contributed by atoms with Gasteiger partial charge in [-0.15, -0.1) is 0 Å². The number of aromatic nitrogens is 7. The Kier molecular flexibility index (Phi) is 6.02. The summed E-state index contributed by atoms with van der Waals surface area (Å²) in [7, 11) is 0. The topological polar surface area (TPSA) is 108 Å². The summed E-state index contributed by atoms with van der Waals surface area (Å²) in [6.45, 7) is 1.39. The molecule has 8 nitrogen and oxygen atoms in total. The molecular formula is C31H23FN8. The summed E-state index contributed by atoms with van der Waals surface area (Å²) in [5, 5.41) is 11.3. The number of hydrogen-bond donors (Lipinski definition) is 3. The van der Waals surface area contributed by atoms with Crippen LogP contribution in [0.4, 0.5) is 4.39 Å². The van der Waals surface area contributed by atoms with E-state index < -0.39 is 5.82 Å². The van der Waals surface area contributed by atoms with Crippen molar-refractivity contribution >= 4 is 22.1 Å². The van der Waals surface area contributed by atoms with Gasteiger partial charge in [0.1, 0.15) is 11.2 Å². The Morgan fingerprint density at radius 1 is 0.775 bits per heavy atom. The highest BCUT2D eigenvalue weighted by Gasteiger charge is 2.18. The predicted octanol–water partition coefficient (Wildman–Crippen LogP) is 6.05. The van der Waals surface area contributed by atoms with Crippen LogP contribution in [0.5, 0.6) is 0 Å². The van der Waals surface area contributed by atoms with Crippen LogP contribution in [0.1, 0.15) is 11.1 Å². The fourth-order valence-electron chi connectivity index (χ4n) is 4.90. The van der Waals surface area contributed by atoms with Gasteiger partial charge in [0.25, 0.3) is 0 Å². The zero-order valence-electron chi connectivity index (χ0n) is 21.3. The van der Waals surface area contributed by atoms with E-state index in [4.69, 9.17) is 4.98 Å². The molecule has 2 aromatic carbocycles. The van der Waals surface area contributed by atoms with Crippen LogP contribution < -0.4 is 5.32 Å². The molecule has 0 atom stereocenters. The zero-order chi connectivity index (χ0) is 26.9. The molecule has 0 saturated heterocycles. The van der Waals surface area contributed by atoms with Gasteiger partial charge in [0.05, 0.1) is 5.52 Å². The van der Waals surface area contributed by atoms with E-state index >= 15 is 4.39 Å². The molecule has 9 heteroatoms. The summed E-state index contributed by atoms with van der Waals surface area (Å²) >= 11 is 0. The number of nitrogens with zero attached hydrogens (tertiary/aromatic N) is 5. The molecule has 5 aromatic heterocycles. The lowest BCUT2D eigenvalue weighted by Crippen LogP contribution is -2.12. The Balaban J connectivity index is 1.23. The van der Waals surface area contributed by atoms with Crippen LogP contribution in [0.25, 0.3) is 55.8 Å². The maximum Gasteiger partial charge on any atom is 0.178 e. The number of benzene rings is 2. The van der Waals surface area contributed by atoms with Crippen molar-refractivity contribution in [2.24, 2.45) is 0 Å². The second-order valence-electron chi connectivity index (χ2n) is 9.51. The van der Waals surface area contributed by atoms with Gasteiger partial charge in [0.2, 0.25) is 0 Å². The van der Waals surface area contributed by atoms with Gasteiger partial charge in [-0.25, -0.2) is 14.4 Å². The maximum absolute atomic E-state index is 15.3. The van der Waals surface area contributed by atoms with Gasteiger partial charge in [0, 0.05) is 66.2 Å². The summed E-state index contributed by atoms with van der Waals surface area (Å²) in [5.74, 6) is 0.0998. The summed E-state index contributed by atoms with van der Waals surface area (Å²) in [6.07, 6.45) is 8.80. The Labute approximate surface area is 228 Å². The molecule has 40 heavy (non-hydrogen) atoms. The molecule has 0 aliphatic carbocycles. The van der Waals surface area contributed by atoms with E-state index in [0.717, 1.165) is 34.3 Å². The zero-order valence-corrected chi connectivity index (χ0v) is 21.3. The average Bonchev–Trinajstić information content (AvgIpc) is 3.63. The molecule has 194 valence electrons. The smallest absolute Gasteiger partial charge is 0.178 e. The first-order chi connectivity index (χ1) is 19.7. The fourth-order valence-corrected chi connectivity index (χ4v) is 4.90. The highest BCUT2D eigenvalue weighted by Crippen LogP contribution is 2.33. The van der Waals surface area contributed by atoms with Crippen molar-refractivity contribution in [3.05, 3.63) is 115 Å². The highest BCUT2D eigenvalue weighted by molar-refractivity contribution is 5.97. The van der Waals surface area contributed by atoms with E-state index in [-0.39, 0.29) is 5.52 Å². The van der Waals surface area contributed by atoms with Crippen LogP contribution >= 0.6 is 0 Å². The monoisotopic (exact) mass is 526 g/mol. The first-order valence-electron chi connectivity index (χ1n) is 12.8. The van der Waals surface area contributed by atoms with Gasteiger partial charge in [-0.2, -0.15) is 5.10 Å². The normalized spacial score (nSPS) is 11.4. The minimum Gasteiger partial charge on any atom is -0.335 e. The van der Waals surface area contributed by atoms with Crippen molar-refractivity contribution in [3.63, 3.8) is 0 Å². The number of pyridine rings is 3. The molecule has 0 aliphatic rings. The van der Waals surface area contributed by atoms with Crippen molar-refractivity contribution in [1.82, 2.24) is 40.4 Å². The van der Waals surface area contributed by atoms with Gasteiger partial charge >= 0.3 is 0 Å². The summed E-state index contributed by atoms with van der Waals surface area (Å²) in [5.41, 5.74) is 7.75. The third-order valence-electron chi connectivity index (χ3n) is 6.84. The quantitative estimate of drug-likeness (QED) is 0.233. The molecule has 0 spiro atoms. The van der Waals surface area contributed by atoms with E-state index in [2.05, 4.69) is 47.6 Å². The first kappa shape index (κ1) is 23.8. The van der Waals surface area contributed by atoms with E-state index in [1.165, 1.54) is 11.6 Å². The number of aromatic amines is 2. The highest BCUT2D eigenvalue weighted by atomic mass is 19.1. The molecule has 0 radical (unpaired) electrons. The van der Waals surface area contributed by atoms with Crippen molar-refractivity contribution in [2.75, 3.05) is 0 Å². The molecular weight excluding hydrogens is 503 g/mol. The van der Waals surface area contributed by atoms with Crippen molar-refractivity contribution in [3.8, 4) is 33.8 Å². The molecule has 0 fully saturated rings. The molecule has 0 saturated carbocycles. The average molecular weight is 527 g/mol. The van der Waals surface area contributed by atoms with Gasteiger partial charge in [-0.1, -0.05) is 36.4 Å². The molecule has 0 aliphatic heterocycles. The molecule has 5 heterocycles. The number of imidazole rings is 1. The third kappa shape index (κ3) is 4.48. The number of rotatable bonds is 7. The Bertz CT molecular complexity index is 1950. The summed E-state index contributed by atoms with van der Waals surface area (Å²) < 4.78 is 15.3. The van der Waals surface area contributed by atoms with Gasteiger partial charge in [-0.3, -0.25) is 15.1 Å². The van der Waals surface area contributed by atoms with Crippen LogP contribution in [-0.2, 0) is 13.1 Å². The SMILES string of the molecule is Fc1cc(-c2cncc(CNCc3ccccc3)c2)cc2c(-c3nc4nccc(-c5cccnc5)c4[nH]3)[nH]nc12. The van der Waals surface area contributed by atoms with Crippen LogP contribution in [0.2, 0.25) is 0 Å². The lowest BCUT2D eigenvalue weighted by molar-refractivity contribution is 0.636. The second-order valence-corrected chi connectivity index (χ2v) is 9.51. The fraction of sp³-hybridized carbons (Fsp3) is 0.0645. The standard InChI is InChI=1S/C31H23FN8/c32-26-13-22(23-11-20(16-35-18-23)15-34-14-19-5-2-1-3-6-19)12-25-27(26)39-40-29(25)31-37-28-24(8-10-36-30(28)38-31)21-7-4-9-33-17-21/h1-13,16-18,34H,14-15H2,(H,39,40)(H,36,37,38). The number of nitrogens with one attached hydrogen (secondary N) is 3. The minimum absolute atomic E-state index is 0.244. The predicted molar refractivity (Wildman–Crippen MR) is 152 cm³/mol. The first-order valence-corrected chi connectivity index (χ1v) is 12.8. The largest absolute Gasteiger partial charge is 0.335 e. The minimum atomic E-state index is -0.423. The number of H-pyrrole nitrogens is 2.